The van der Waals surface area contributed by atoms with E-state index >= 15 is 0 Å². The average Bonchev–Trinajstić information content (AvgIpc) is 3.35. The number of rotatable bonds is 3. The Morgan fingerprint density at radius 2 is 1.93 bits per heavy atom. The minimum Gasteiger partial charge on any atom is -0.373 e. The molecule has 3 saturated carbocycles. The maximum Gasteiger partial charge on any atom is 0.330 e. The Labute approximate surface area is 162 Å². The maximum absolute atomic E-state index is 12.8. The zero-order valence-corrected chi connectivity index (χ0v) is 16.0. The molecule has 7 rings (SSSR count). The number of hydrogen-bond acceptors (Lipinski definition) is 6. The second-order valence-electron chi connectivity index (χ2n) is 9.27. The Morgan fingerprint density at radius 3 is 2.71 bits per heavy atom. The summed E-state index contributed by atoms with van der Waals surface area (Å²) in [6.07, 6.45) is 10.7. The predicted molar refractivity (Wildman–Crippen MR) is 101 cm³/mol. The fourth-order valence-corrected chi connectivity index (χ4v) is 6.87. The van der Waals surface area contributed by atoms with Crippen LogP contribution >= 0.6 is 0 Å². The predicted octanol–water partition coefficient (Wildman–Crippen LogP) is 1.74. The molecule has 5 fully saturated rings. The number of anilines is 1. The number of aromatic nitrogens is 4. The van der Waals surface area contributed by atoms with E-state index in [1.807, 2.05) is 4.57 Å². The molecular formula is C20H25N5O3. The fraction of sp³-hybridized carbons (Fsp3) is 0.750. The van der Waals surface area contributed by atoms with Gasteiger partial charge in [0.2, 0.25) is 5.95 Å². The number of ether oxygens (including phenoxy) is 2. The van der Waals surface area contributed by atoms with Gasteiger partial charge in [0.1, 0.15) is 5.52 Å². The first-order valence-corrected chi connectivity index (χ1v) is 10.7. The van der Waals surface area contributed by atoms with E-state index < -0.39 is 0 Å². The number of aryl methyl sites for hydroxylation is 1. The van der Waals surface area contributed by atoms with E-state index in [0.717, 1.165) is 43.3 Å². The molecule has 2 saturated heterocycles. The third-order valence-electron chi connectivity index (χ3n) is 8.17. The molecule has 1 N–H and O–H groups in total. The zero-order chi connectivity index (χ0) is 18.6. The number of nitrogens with zero attached hydrogens (tertiary/aromatic N) is 4. The second kappa shape index (κ2) is 5.16. The fourth-order valence-electron chi connectivity index (χ4n) is 6.87. The quantitative estimate of drug-likeness (QED) is 0.869. The second-order valence-corrected chi connectivity index (χ2v) is 9.27. The minimum absolute atomic E-state index is 0.0125. The number of fused-ring (bicyclic) bond motifs is 1. The lowest BCUT2D eigenvalue weighted by Gasteiger charge is -2.60. The van der Waals surface area contributed by atoms with Crippen LogP contribution in [0.15, 0.2) is 11.0 Å². The van der Waals surface area contributed by atoms with E-state index in [-0.39, 0.29) is 29.3 Å². The Bertz CT molecular complexity index is 1030. The van der Waals surface area contributed by atoms with E-state index in [1.165, 1.54) is 12.8 Å². The molecule has 4 heterocycles. The summed E-state index contributed by atoms with van der Waals surface area (Å²) in [5.41, 5.74) is 1.81. The molecule has 0 bridgehead atoms. The van der Waals surface area contributed by atoms with Gasteiger partial charge in [-0.15, -0.1) is 0 Å². The molecule has 0 amide bonds. The lowest BCUT2D eigenvalue weighted by atomic mass is 9.68. The van der Waals surface area contributed by atoms with Crippen LogP contribution in [-0.2, 0) is 16.5 Å². The topological polar surface area (TPSA) is 83.2 Å². The SMILES string of the molecule is Cn1c(=O)n(C2CCCC2)c2nc(NC3CC4OC5CCC6OC3C546)ncc21. The van der Waals surface area contributed by atoms with Crippen molar-refractivity contribution in [3.8, 4) is 0 Å². The first kappa shape index (κ1) is 15.9. The largest absolute Gasteiger partial charge is 0.373 e. The minimum atomic E-state index is 0.0125. The molecular weight excluding hydrogens is 358 g/mol. The first-order valence-electron chi connectivity index (χ1n) is 10.7. The van der Waals surface area contributed by atoms with Crippen LogP contribution in [0.5, 0.6) is 0 Å². The highest BCUT2D eigenvalue weighted by Crippen LogP contribution is 2.68. The lowest BCUT2D eigenvalue weighted by molar-refractivity contribution is -0.353. The average molecular weight is 383 g/mol. The standard InChI is InChI=1S/C20H25N5O3/c1-24-12-9-21-18(23-17(12)25(19(24)26)10-4-2-3-5-10)22-11-8-15-20-13(27-15)6-7-14(20)28-16(11)20/h9-11,13-16H,2-8H2,1H3,(H,21,22,23). The summed E-state index contributed by atoms with van der Waals surface area (Å²) in [6, 6.07) is 0.431. The van der Waals surface area contributed by atoms with Gasteiger partial charge < -0.3 is 14.8 Å². The van der Waals surface area contributed by atoms with Crippen molar-refractivity contribution in [1.29, 1.82) is 0 Å². The molecule has 2 aromatic rings. The summed E-state index contributed by atoms with van der Waals surface area (Å²) >= 11 is 0. The Kier molecular flexibility index (Phi) is 2.93. The summed E-state index contributed by atoms with van der Waals surface area (Å²) in [6.45, 7) is 0. The smallest absolute Gasteiger partial charge is 0.330 e. The van der Waals surface area contributed by atoms with Crippen molar-refractivity contribution in [2.24, 2.45) is 12.5 Å². The van der Waals surface area contributed by atoms with Crippen LogP contribution in [0.1, 0.15) is 51.0 Å². The molecule has 148 valence electrons. The van der Waals surface area contributed by atoms with Crippen molar-refractivity contribution < 1.29 is 9.47 Å². The molecule has 6 atom stereocenters. The molecule has 1 spiro atoms. The molecule has 8 heteroatoms. The van der Waals surface area contributed by atoms with Crippen LogP contribution in [0.3, 0.4) is 0 Å². The highest BCUT2D eigenvalue weighted by molar-refractivity contribution is 5.72. The summed E-state index contributed by atoms with van der Waals surface area (Å²) < 4.78 is 15.9. The van der Waals surface area contributed by atoms with Crippen LogP contribution in [-0.4, -0.2) is 49.6 Å². The van der Waals surface area contributed by atoms with Gasteiger partial charge in [0, 0.05) is 13.1 Å². The van der Waals surface area contributed by atoms with Crippen LogP contribution in [0.4, 0.5) is 5.95 Å². The van der Waals surface area contributed by atoms with Gasteiger partial charge in [0.25, 0.3) is 0 Å². The van der Waals surface area contributed by atoms with Crippen molar-refractivity contribution in [3.63, 3.8) is 0 Å². The highest BCUT2D eigenvalue weighted by atomic mass is 16.6. The van der Waals surface area contributed by atoms with Crippen LogP contribution < -0.4 is 11.0 Å². The third-order valence-corrected chi connectivity index (χ3v) is 8.17. The molecule has 6 unspecified atom stereocenters. The summed E-state index contributed by atoms with van der Waals surface area (Å²) in [5.74, 6) is 0.592. The molecule has 3 aliphatic carbocycles. The van der Waals surface area contributed by atoms with Gasteiger partial charge in [0.05, 0.1) is 42.1 Å². The van der Waals surface area contributed by atoms with E-state index in [4.69, 9.17) is 14.5 Å². The monoisotopic (exact) mass is 383 g/mol. The molecule has 2 aliphatic heterocycles. The summed E-state index contributed by atoms with van der Waals surface area (Å²) in [4.78, 5) is 22.1. The van der Waals surface area contributed by atoms with Gasteiger partial charge in [-0.25, -0.2) is 9.78 Å². The van der Waals surface area contributed by atoms with Gasteiger partial charge in [-0.1, -0.05) is 12.8 Å². The van der Waals surface area contributed by atoms with E-state index in [1.54, 1.807) is 17.8 Å². The van der Waals surface area contributed by atoms with Crippen LogP contribution in [0.2, 0.25) is 0 Å². The first-order chi connectivity index (χ1) is 13.7. The summed E-state index contributed by atoms with van der Waals surface area (Å²) in [5, 5.41) is 3.52. The number of nitrogens with one attached hydrogen (secondary N) is 1. The van der Waals surface area contributed by atoms with Crippen LogP contribution in [0, 0.1) is 5.41 Å². The van der Waals surface area contributed by atoms with Crippen molar-refractivity contribution in [2.75, 3.05) is 5.32 Å². The Hall–Kier alpha value is -1.93. The lowest BCUT2D eigenvalue weighted by Crippen LogP contribution is -2.72. The summed E-state index contributed by atoms with van der Waals surface area (Å²) in [7, 11) is 1.81. The van der Waals surface area contributed by atoms with Crippen molar-refractivity contribution in [3.05, 3.63) is 16.7 Å². The van der Waals surface area contributed by atoms with Crippen LogP contribution in [0.25, 0.3) is 11.2 Å². The molecule has 2 aromatic heterocycles. The third kappa shape index (κ3) is 1.69. The normalized spacial score (nSPS) is 41.0. The Balaban J connectivity index is 1.23. The number of hydrogen-bond donors (Lipinski definition) is 1. The van der Waals surface area contributed by atoms with Crippen molar-refractivity contribution in [2.45, 2.75) is 81.4 Å². The van der Waals surface area contributed by atoms with Gasteiger partial charge in [-0.3, -0.25) is 9.13 Å². The maximum atomic E-state index is 12.8. The van der Waals surface area contributed by atoms with Gasteiger partial charge >= 0.3 is 5.69 Å². The molecule has 28 heavy (non-hydrogen) atoms. The highest BCUT2D eigenvalue weighted by Gasteiger charge is 2.79. The molecule has 0 aromatic carbocycles. The van der Waals surface area contributed by atoms with Crippen molar-refractivity contribution >= 4 is 17.1 Å². The van der Waals surface area contributed by atoms with E-state index in [9.17, 15) is 4.79 Å². The van der Waals surface area contributed by atoms with Gasteiger partial charge in [0.15, 0.2) is 5.65 Å². The molecule has 8 nitrogen and oxygen atoms in total. The van der Waals surface area contributed by atoms with E-state index in [0.29, 0.717) is 24.3 Å². The van der Waals surface area contributed by atoms with Gasteiger partial charge in [-0.05, 0) is 32.1 Å². The molecule has 5 aliphatic rings. The van der Waals surface area contributed by atoms with E-state index in [2.05, 4.69) is 10.3 Å². The Morgan fingerprint density at radius 1 is 1.14 bits per heavy atom. The van der Waals surface area contributed by atoms with Gasteiger partial charge in [-0.2, -0.15) is 4.98 Å². The van der Waals surface area contributed by atoms with Crippen molar-refractivity contribution in [1.82, 2.24) is 19.1 Å². The number of imidazole rings is 1. The zero-order valence-electron chi connectivity index (χ0n) is 16.0. The molecule has 0 radical (unpaired) electrons.